The molecule has 3 aromatic heterocycles. The second-order valence-corrected chi connectivity index (χ2v) is 5.84. The Morgan fingerprint density at radius 3 is 2.64 bits per heavy atom. The van der Waals surface area contributed by atoms with Gasteiger partial charge in [0.05, 0.1) is 5.69 Å². The number of hydrogen-bond acceptors (Lipinski definition) is 5. The number of aromatic nitrogens is 4. The molecule has 3 heterocycles. The van der Waals surface area contributed by atoms with E-state index < -0.39 is 5.56 Å². The van der Waals surface area contributed by atoms with E-state index in [-0.39, 0.29) is 5.56 Å². The Kier molecular flexibility index (Phi) is 4.11. The first-order chi connectivity index (χ1) is 11.9. The first kappa shape index (κ1) is 16.5. The first-order valence-electron chi connectivity index (χ1n) is 7.72. The van der Waals surface area contributed by atoms with Crippen molar-refractivity contribution in [3.8, 4) is 11.9 Å². The molecule has 0 saturated heterocycles. The van der Waals surface area contributed by atoms with Crippen LogP contribution in [-0.2, 0) is 0 Å². The van der Waals surface area contributed by atoms with Crippen molar-refractivity contribution in [2.45, 2.75) is 27.7 Å². The molecule has 0 atom stereocenters. The van der Waals surface area contributed by atoms with Gasteiger partial charge in [0.15, 0.2) is 5.82 Å². The summed E-state index contributed by atoms with van der Waals surface area (Å²) < 4.78 is 7.16. The van der Waals surface area contributed by atoms with Crippen LogP contribution in [0.5, 0.6) is 0 Å². The minimum atomic E-state index is -0.475. The molecule has 0 aliphatic rings. The number of nitriles is 1. The zero-order valence-electron chi connectivity index (χ0n) is 14.4. The van der Waals surface area contributed by atoms with E-state index in [1.807, 2.05) is 49.6 Å². The van der Waals surface area contributed by atoms with Gasteiger partial charge >= 0.3 is 0 Å². The van der Waals surface area contributed by atoms with Crippen molar-refractivity contribution >= 4 is 12.2 Å². The summed E-state index contributed by atoms with van der Waals surface area (Å²) in [5, 5.41) is 19.5. The van der Waals surface area contributed by atoms with Crippen LogP contribution >= 0.6 is 0 Å². The highest BCUT2D eigenvalue weighted by Gasteiger charge is 2.13. The minimum absolute atomic E-state index is 0.0817. The standard InChI is InChI=1S/C18H17N5O2/c1-10-7-14(13(4)23(10)17-8-11(2)25-22-17)5-6-16-12(3)15(9-19)18(24)21-20-16/h5-8H,1-4H3,(H,21,24)/b6-5+. The van der Waals surface area contributed by atoms with Crippen molar-refractivity contribution in [2.24, 2.45) is 0 Å². The maximum atomic E-state index is 11.6. The summed E-state index contributed by atoms with van der Waals surface area (Å²) in [6.07, 6.45) is 3.69. The molecule has 1 N–H and O–H groups in total. The summed E-state index contributed by atoms with van der Waals surface area (Å²) >= 11 is 0. The molecule has 3 rings (SSSR count). The highest BCUT2D eigenvalue weighted by Crippen LogP contribution is 2.22. The molecule has 7 nitrogen and oxygen atoms in total. The van der Waals surface area contributed by atoms with E-state index >= 15 is 0 Å². The van der Waals surface area contributed by atoms with Crippen LogP contribution in [0.15, 0.2) is 21.5 Å². The lowest BCUT2D eigenvalue weighted by molar-refractivity contribution is 0.394. The average molecular weight is 335 g/mol. The number of nitrogens with one attached hydrogen (secondary N) is 1. The normalized spacial score (nSPS) is 11.2. The molecule has 0 aliphatic carbocycles. The van der Waals surface area contributed by atoms with Crippen LogP contribution in [0.1, 0.15) is 39.5 Å². The zero-order valence-corrected chi connectivity index (χ0v) is 14.4. The van der Waals surface area contributed by atoms with Gasteiger partial charge in [-0.3, -0.25) is 9.36 Å². The summed E-state index contributed by atoms with van der Waals surface area (Å²) in [4.78, 5) is 11.6. The average Bonchev–Trinajstić information content (AvgIpc) is 3.10. The van der Waals surface area contributed by atoms with Gasteiger partial charge in [0, 0.05) is 17.5 Å². The molecule has 3 aromatic rings. The highest BCUT2D eigenvalue weighted by atomic mass is 16.5. The van der Waals surface area contributed by atoms with Gasteiger partial charge in [0.25, 0.3) is 5.56 Å². The van der Waals surface area contributed by atoms with Gasteiger partial charge in [0.2, 0.25) is 0 Å². The summed E-state index contributed by atoms with van der Waals surface area (Å²) in [6, 6.07) is 5.82. The van der Waals surface area contributed by atoms with E-state index in [2.05, 4.69) is 15.4 Å². The fourth-order valence-electron chi connectivity index (χ4n) is 2.78. The lowest BCUT2D eigenvalue weighted by Gasteiger charge is -2.04. The Morgan fingerprint density at radius 1 is 1.24 bits per heavy atom. The summed E-state index contributed by atoms with van der Waals surface area (Å²) in [5.74, 6) is 1.48. The molecule has 0 fully saturated rings. The Labute approximate surface area is 144 Å². The van der Waals surface area contributed by atoms with Gasteiger partial charge in [-0.05, 0) is 51.0 Å². The lowest BCUT2D eigenvalue weighted by Crippen LogP contribution is -2.15. The van der Waals surface area contributed by atoms with Gasteiger partial charge in [-0.2, -0.15) is 10.4 Å². The molecule has 126 valence electrons. The van der Waals surface area contributed by atoms with E-state index in [9.17, 15) is 4.79 Å². The number of hydrogen-bond donors (Lipinski definition) is 1. The van der Waals surface area contributed by atoms with Crippen LogP contribution in [0, 0.1) is 39.0 Å². The Balaban J connectivity index is 2.02. The third-order valence-electron chi connectivity index (χ3n) is 4.11. The van der Waals surface area contributed by atoms with Crippen LogP contribution in [0.25, 0.3) is 18.0 Å². The monoisotopic (exact) mass is 335 g/mol. The molecular formula is C18H17N5O2. The molecule has 0 unspecified atom stereocenters. The molecule has 7 heteroatoms. The van der Waals surface area contributed by atoms with Crippen molar-refractivity contribution in [2.75, 3.05) is 0 Å². The molecule has 0 saturated carbocycles. The molecule has 25 heavy (non-hydrogen) atoms. The number of H-pyrrole nitrogens is 1. The largest absolute Gasteiger partial charge is 0.360 e. The van der Waals surface area contributed by atoms with Crippen molar-refractivity contribution < 1.29 is 4.52 Å². The van der Waals surface area contributed by atoms with Crippen LogP contribution in [0.2, 0.25) is 0 Å². The topological polar surface area (TPSA) is 100 Å². The molecule has 0 aromatic carbocycles. The Morgan fingerprint density at radius 2 is 2.00 bits per heavy atom. The summed E-state index contributed by atoms with van der Waals surface area (Å²) in [7, 11) is 0. The smallest absolute Gasteiger partial charge is 0.282 e. The zero-order chi connectivity index (χ0) is 18.1. The van der Waals surface area contributed by atoms with Gasteiger partial charge in [-0.15, -0.1) is 0 Å². The fraction of sp³-hybridized carbons (Fsp3) is 0.222. The molecule has 0 spiro atoms. The van der Waals surface area contributed by atoms with Crippen LogP contribution in [-0.4, -0.2) is 19.9 Å². The van der Waals surface area contributed by atoms with E-state index in [4.69, 9.17) is 9.78 Å². The Bertz CT molecular complexity index is 1080. The lowest BCUT2D eigenvalue weighted by atomic mass is 10.1. The molecule has 0 aliphatic heterocycles. The summed E-state index contributed by atoms with van der Waals surface area (Å²) in [5.41, 5.74) is 3.74. The second kappa shape index (κ2) is 6.24. The Hall–Kier alpha value is -3.40. The van der Waals surface area contributed by atoms with Crippen molar-refractivity contribution in [3.63, 3.8) is 0 Å². The molecule has 0 bridgehead atoms. The van der Waals surface area contributed by atoms with Crippen LogP contribution in [0.3, 0.4) is 0 Å². The van der Waals surface area contributed by atoms with E-state index in [0.717, 1.165) is 28.5 Å². The molecule has 0 radical (unpaired) electrons. The van der Waals surface area contributed by atoms with E-state index in [0.29, 0.717) is 11.3 Å². The van der Waals surface area contributed by atoms with E-state index in [1.54, 1.807) is 13.0 Å². The van der Waals surface area contributed by atoms with Gasteiger partial charge in [0.1, 0.15) is 17.4 Å². The van der Waals surface area contributed by atoms with Gasteiger partial charge in [-0.1, -0.05) is 11.2 Å². The SMILES string of the molecule is Cc1cc(-n2c(C)cc(/C=C/c3n[nH]c(=O)c(C#N)c3C)c2C)no1. The second-order valence-electron chi connectivity index (χ2n) is 5.84. The number of aromatic amines is 1. The number of rotatable bonds is 3. The first-order valence-corrected chi connectivity index (χ1v) is 7.72. The minimum Gasteiger partial charge on any atom is -0.360 e. The van der Waals surface area contributed by atoms with E-state index in [1.165, 1.54) is 0 Å². The van der Waals surface area contributed by atoms with Crippen molar-refractivity contribution in [3.05, 3.63) is 62.0 Å². The van der Waals surface area contributed by atoms with Crippen molar-refractivity contribution in [1.82, 2.24) is 19.9 Å². The van der Waals surface area contributed by atoms with Gasteiger partial charge < -0.3 is 4.52 Å². The van der Waals surface area contributed by atoms with Gasteiger partial charge in [-0.25, -0.2) is 5.10 Å². The predicted octanol–water partition coefficient (Wildman–Crippen LogP) is 2.82. The fourth-order valence-corrected chi connectivity index (χ4v) is 2.78. The maximum Gasteiger partial charge on any atom is 0.282 e. The third-order valence-corrected chi connectivity index (χ3v) is 4.11. The number of nitrogens with zero attached hydrogens (tertiary/aromatic N) is 4. The molecular weight excluding hydrogens is 318 g/mol. The number of aryl methyl sites for hydroxylation is 2. The highest BCUT2D eigenvalue weighted by molar-refractivity contribution is 5.71. The van der Waals surface area contributed by atoms with Crippen LogP contribution < -0.4 is 5.56 Å². The van der Waals surface area contributed by atoms with Crippen LogP contribution in [0.4, 0.5) is 0 Å². The quantitative estimate of drug-likeness (QED) is 0.793. The summed E-state index contributed by atoms with van der Waals surface area (Å²) in [6.45, 7) is 7.54. The predicted molar refractivity (Wildman–Crippen MR) is 93.3 cm³/mol. The molecule has 0 amide bonds. The van der Waals surface area contributed by atoms with Crippen molar-refractivity contribution in [1.29, 1.82) is 5.26 Å². The maximum absolute atomic E-state index is 11.6. The third kappa shape index (κ3) is 2.90.